The summed E-state index contributed by atoms with van der Waals surface area (Å²) in [6, 6.07) is 54.8. The third-order valence-electron chi connectivity index (χ3n) is 9.86. The quantitative estimate of drug-likeness (QED) is 0.192. The van der Waals surface area contributed by atoms with Gasteiger partial charge < -0.3 is 23.9 Å². The summed E-state index contributed by atoms with van der Waals surface area (Å²) < 4.78 is 13.0. The van der Waals surface area contributed by atoms with Crippen LogP contribution in [-0.2, 0) is 0 Å². The van der Waals surface area contributed by atoms with E-state index in [0.29, 0.717) is 16.6 Å². The zero-order valence-electron chi connectivity index (χ0n) is 27.2. The Morgan fingerprint density at radius 2 is 1.10 bits per heavy atom. The molecular formula is C46H29NO4. The lowest BCUT2D eigenvalue weighted by Gasteiger charge is -2.26. The van der Waals surface area contributed by atoms with Crippen LogP contribution < -0.4 is 4.90 Å². The molecule has 0 fully saturated rings. The second-order valence-electron chi connectivity index (χ2n) is 12.8. The summed E-state index contributed by atoms with van der Waals surface area (Å²) in [6.45, 7) is 0. The van der Waals surface area contributed by atoms with Crippen molar-refractivity contribution in [1.29, 1.82) is 0 Å². The summed E-state index contributed by atoms with van der Waals surface area (Å²) in [5.41, 5.74) is 9.71. The highest BCUT2D eigenvalue weighted by molar-refractivity contribution is 6.17. The molecule has 2 heterocycles. The molecule has 10 rings (SSSR count). The number of para-hydroxylation sites is 1. The van der Waals surface area contributed by atoms with Gasteiger partial charge in [-0.2, -0.15) is 0 Å². The van der Waals surface area contributed by atoms with Crippen molar-refractivity contribution in [2.24, 2.45) is 0 Å². The Morgan fingerprint density at radius 3 is 1.90 bits per heavy atom. The molecule has 2 aromatic heterocycles. The van der Waals surface area contributed by atoms with Gasteiger partial charge in [-0.05, 0) is 82.7 Å². The zero-order valence-corrected chi connectivity index (χ0v) is 27.2. The third kappa shape index (κ3) is 4.63. The summed E-state index contributed by atoms with van der Waals surface area (Å²) in [4.78, 5) is 2.24. The number of hydrogen-bond donors (Lipinski definition) is 2. The molecule has 0 unspecified atom stereocenters. The van der Waals surface area contributed by atoms with Gasteiger partial charge >= 0.3 is 0 Å². The van der Waals surface area contributed by atoms with E-state index in [0.717, 1.165) is 77.4 Å². The largest absolute Gasteiger partial charge is 0.508 e. The van der Waals surface area contributed by atoms with Crippen molar-refractivity contribution >= 4 is 71.7 Å². The average molecular weight is 660 g/mol. The van der Waals surface area contributed by atoms with Crippen molar-refractivity contribution < 1.29 is 19.0 Å². The SMILES string of the molecule is Oc1ccc2c(c1)oc1c(-c3ccc(N(c4ccc(-c5ccccc5)cc4)c4cccc5c4oc4c6ccccc6ccc54)cc3)ccc(O)c12. The minimum atomic E-state index is 0.108. The van der Waals surface area contributed by atoms with Gasteiger partial charge in [-0.1, -0.05) is 97.1 Å². The maximum atomic E-state index is 10.8. The minimum absolute atomic E-state index is 0.108. The van der Waals surface area contributed by atoms with E-state index in [1.54, 1.807) is 24.3 Å². The van der Waals surface area contributed by atoms with Crippen LogP contribution in [0.5, 0.6) is 11.5 Å². The summed E-state index contributed by atoms with van der Waals surface area (Å²) in [5.74, 6) is 0.239. The molecule has 0 saturated heterocycles. The second kappa shape index (κ2) is 11.3. The molecule has 2 N–H and O–H groups in total. The molecule has 242 valence electrons. The first-order valence-corrected chi connectivity index (χ1v) is 16.9. The molecule has 0 aliphatic rings. The zero-order chi connectivity index (χ0) is 34.1. The topological polar surface area (TPSA) is 70.0 Å². The highest BCUT2D eigenvalue weighted by Gasteiger charge is 2.21. The van der Waals surface area contributed by atoms with E-state index in [2.05, 4.69) is 132 Å². The first-order valence-electron chi connectivity index (χ1n) is 16.9. The highest BCUT2D eigenvalue weighted by atomic mass is 16.3. The fourth-order valence-electron chi connectivity index (χ4n) is 7.42. The number of furan rings is 2. The Kier molecular flexibility index (Phi) is 6.42. The van der Waals surface area contributed by atoms with E-state index >= 15 is 0 Å². The predicted octanol–water partition coefficient (Wildman–Crippen LogP) is 12.9. The maximum absolute atomic E-state index is 10.8. The molecule has 0 bridgehead atoms. The highest BCUT2D eigenvalue weighted by Crippen LogP contribution is 2.45. The van der Waals surface area contributed by atoms with Crippen LogP contribution in [0.3, 0.4) is 0 Å². The lowest BCUT2D eigenvalue weighted by molar-refractivity contribution is 0.475. The van der Waals surface area contributed by atoms with Crippen molar-refractivity contribution in [1.82, 2.24) is 0 Å². The van der Waals surface area contributed by atoms with Gasteiger partial charge in [0, 0.05) is 44.5 Å². The van der Waals surface area contributed by atoms with E-state index in [1.807, 2.05) is 12.1 Å². The van der Waals surface area contributed by atoms with Gasteiger partial charge in [-0.3, -0.25) is 0 Å². The summed E-state index contributed by atoms with van der Waals surface area (Å²) in [7, 11) is 0. The van der Waals surface area contributed by atoms with E-state index in [4.69, 9.17) is 8.83 Å². The fourth-order valence-corrected chi connectivity index (χ4v) is 7.42. The van der Waals surface area contributed by atoms with Crippen LogP contribution in [0.25, 0.3) is 76.9 Å². The van der Waals surface area contributed by atoms with Crippen LogP contribution in [0.1, 0.15) is 0 Å². The Labute approximate surface area is 292 Å². The fraction of sp³-hybridized carbons (Fsp3) is 0. The Balaban J connectivity index is 1.15. The number of phenols is 2. The summed E-state index contributed by atoms with van der Waals surface area (Å²) >= 11 is 0. The molecule has 0 aliphatic carbocycles. The number of rotatable bonds is 5. The van der Waals surface area contributed by atoms with E-state index in [1.165, 1.54) is 0 Å². The van der Waals surface area contributed by atoms with Crippen LogP contribution in [-0.4, -0.2) is 10.2 Å². The Morgan fingerprint density at radius 1 is 0.431 bits per heavy atom. The number of phenolic OH excluding ortho intramolecular Hbond substituents is 2. The van der Waals surface area contributed by atoms with Gasteiger partial charge in [0.2, 0.25) is 0 Å². The van der Waals surface area contributed by atoms with Crippen LogP contribution in [0.4, 0.5) is 17.1 Å². The van der Waals surface area contributed by atoms with Gasteiger partial charge in [0.1, 0.15) is 28.2 Å². The van der Waals surface area contributed by atoms with Crippen molar-refractivity contribution in [3.8, 4) is 33.8 Å². The smallest absolute Gasteiger partial charge is 0.159 e. The standard InChI is InChI=1S/C46H29NO4/c48-34-22-24-39-42(27-34)50-46-36(25-26-41(49)43(39)46)31-15-20-33(21-16-31)47(32-18-13-29(14-19-32)28-7-2-1-3-8-28)40-12-6-11-37-38-23-17-30-9-4-5-10-35(30)44(38)51-45(37)40/h1-27,48-49H. The van der Waals surface area contributed by atoms with Gasteiger partial charge in [-0.25, -0.2) is 0 Å². The van der Waals surface area contributed by atoms with Gasteiger partial charge in [-0.15, -0.1) is 0 Å². The van der Waals surface area contributed by atoms with Crippen molar-refractivity contribution in [3.63, 3.8) is 0 Å². The lowest BCUT2D eigenvalue weighted by Crippen LogP contribution is -2.10. The van der Waals surface area contributed by atoms with Crippen LogP contribution in [0.2, 0.25) is 0 Å². The molecule has 8 aromatic carbocycles. The number of anilines is 3. The molecule has 0 amide bonds. The van der Waals surface area contributed by atoms with Gasteiger partial charge in [0.05, 0.1) is 11.1 Å². The first kappa shape index (κ1) is 29.0. The number of hydrogen-bond acceptors (Lipinski definition) is 5. The van der Waals surface area contributed by atoms with Crippen molar-refractivity contribution in [3.05, 3.63) is 164 Å². The van der Waals surface area contributed by atoms with Crippen molar-refractivity contribution in [2.75, 3.05) is 4.90 Å². The van der Waals surface area contributed by atoms with Gasteiger partial charge in [0.25, 0.3) is 0 Å². The average Bonchev–Trinajstić information content (AvgIpc) is 3.76. The van der Waals surface area contributed by atoms with E-state index < -0.39 is 0 Å². The Hall–Kier alpha value is -6.98. The molecule has 5 nitrogen and oxygen atoms in total. The molecular weight excluding hydrogens is 631 g/mol. The minimum Gasteiger partial charge on any atom is -0.508 e. The number of benzene rings is 8. The molecule has 5 heteroatoms. The molecule has 51 heavy (non-hydrogen) atoms. The van der Waals surface area contributed by atoms with Crippen LogP contribution in [0, 0.1) is 0 Å². The monoisotopic (exact) mass is 659 g/mol. The number of fused-ring (bicyclic) bond motifs is 8. The second-order valence-corrected chi connectivity index (χ2v) is 12.8. The maximum Gasteiger partial charge on any atom is 0.159 e. The molecule has 0 aliphatic heterocycles. The Bertz CT molecular complexity index is 2920. The number of aromatic hydroxyl groups is 2. The summed E-state index contributed by atoms with van der Waals surface area (Å²) in [5, 5.41) is 26.6. The predicted molar refractivity (Wildman–Crippen MR) is 207 cm³/mol. The van der Waals surface area contributed by atoms with Gasteiger partial charge in [0.15, 0.2) is 5.58 Å². The van der Waals surface area contributed by atoms with Crippen molar-refractivity contribution in [2.45, 2.75) is 0 Å². The van der Waals surface area contributed by atoms with Crippen LogP contribution >= 0.6 is 0 Å². The molecule has 0 radical (unpaired) electrons. The normalized spacial score (nSPS) is 11.7. The number of nitrogens with zero attached hydrogens (tertiary/aromatic N) is 1. The molecule has 0 atom stereocenters. The van der Waals surface area contributed by atoms with Crippen LogP contribution in [0.15, 0.2) is 173 Å². The molecule has 10 aromatic rings. The van der Waals surface area contributed by atoms with E-state index in [-0.39, 0.29) is 11.5 Å². The summed E-state index contributed by atoms with van der Waals surface area (Å²) in [6.07, 6.45) is 0. The lowest BCUT2D eigenvalue weighted by atomic mass is 10.0. The molecule has 0 spiro atoms. The first-order chi connectivity index (χ1) is 25.1. The van der Waals surface area contributed by atoms with E-state index in [9.17, 15) is 10.2 Å². The molecule has 0 saturated carbocycles. The third-order valence-corrected chi connectivity index (χ3v) is 9.86.